The lowest BCUT2D eigenvalue weighted by Crippen LogP contribution is -2.25. The van der Waals surface area contributed by atoms with Gasteiger partial charge in [0.1, 0.15) is 11.4 Å². The standard InChI is InChI=1S/C22H22FN3O3/c1-3-29-22(28)20-14-25-26(15(20)2)19-10-6-17(7-11-19)21(27)24-13-12-16-4-8-18(23)9-5-16/h4-11,14H,3,12-13H2,1-2H3,(H,24,27). The third kappa shape index (κ3) is 4.87. The van der Waals surface area contributed by atoms with Gasteiger partial charge < -0.3 is 10.1 Å². The van der Waals surface area contributed by atoms with Crippen molar-refractivity contribution in [2.45, 2.75) is 20.3 Å². The SMILES string of the molecule is CCOC(=O)c1cnn(-c2ccc(C(=O)NCCc3ccc(F)cc3)cc2)c1C. The molecule has 0 spiro atoms. The van der Waals surface area contributed by atoms with E-state index in [0.717, 1.165) is 11.3 Å². The van der Waals surface area contributed by atoms with E-state index in [4.69, 9.17) is 4.74 Å². The van der Waals surface area contributed by atoms with Crippen LogP contribution in [0, 0.1) is 12.7 Å². The molecule has 3 aromatic rings. The van der Waals surface area contributed by atoms with Gasteiger partial charge in [-0.15, -0.1) is 0 Å². The van der Waals surface area contributed by atoms with Crippen molar-refractivity contribution in [3.63, 3.8) is 0 Å². The van der Waals surface area contributed by atoms with E-state index in [9.17, 15) is 14.0 Å². The summed E-state index contributed by atoms with van der Waals surface area (Å²) >= 11 is 0. The Morgan fingerprint density at radius 3 is 2.45 bits per heavy atom. The number of benzene rings is 2. The van der Waals surface area contributed by atoms with E-state index in [0.29, 0.717) is 36.4 Å². The molecular formula is C22H22FN3O3. The second kappa shape index (κ2) is 9.14. The van der Waals surface area contributed by atoms with E-state index in [2.05, 4.69) is 10.4 Å². The van der Waals surface area contributed by atoms with Crippen molar-refractivity contribution in [2.24, 2.45) is 0 Å². The van der Waals surface area contributed by atoms with Crippen LogP contribution in [0.5, 0.6) is 0 Å². The predicted octanol–water partition coefficient (Wildman–Crippen LogP) is 3.47. The molecule has 1 amide bonds. The molecule has 6 nitrogen and oxygen atoms in total. The topological polar surface area (TPSA) is 73.2 Å². The highest BCUT2D eigenvalue weighted by molar-refractivity contribution is 5.94. The fourth-order valence-corrected chi connectivity index (χ4v) is 2.91. The van der Waals surface area contributed by atoms with E-state index in [1.807, 2.05) is 0 Å². The third-order valence-corrected chi connectivity index (χ3v) is 4.49. The summed E-state index contributed by atoms with van der Waals surface area (Å²) in [5.74, 6) is -0.879. The minimum Gasteiger partial charge on any atom is -0.462 e. The average molecular weight is 395 g/mol. The molecule has 150 valence electrons. The van der Waals surface area contributed by atoms with E-state index < -0.39 is 5.97 Å². The number of aromatic nitrogens is 2. The first-order chi connectivity index (χ1) is 14.0. The van der Waals surface area contributed by atoms with E-state index >= 15 is 0 Å². The minimum absolute atomic E-state index is 0.192. The Balaban J connectivity index is 1.61. The van der Waals surface area contributed by atoms with E-state index in [-0.39, 0.29) is 11.7 Å². The van der Waals surface area contributed by atoms with Gasteiger partial charge in [-0.1, -0.05) is 12.1 Å². The summed E-state index contributed by atoms with van der Waals surface area (Å²) in [5, 5.41) is 7.09. The van der Waals surface area contributed by atoms with Crippen LogP contribution in [0.25, 0.3) is 5.69 Å². The zero-order chi connectivity index (χ0) is 20.8. The second-order valence-corrected chi connectivity index (χ2v) is 6.46. The van der Waals surface area contributed by atoms with Crippen LogP contribution in [0.4, 0.5) is 4.39 Å². The van der Waals surface area contributed by atoms with Gasteiger partial charge in [-0.05, 0) is 62.2 Å². The van der Waals surface area contributed by atoms with Crippen molar-refractivity contribution < 1.29 is 18.7 Å². The highest BCUT2D eigenvalue weighted by Gasteiger charge is 2.16. The Labute approximate surface area is 168 Å². The van der Waals surface area contributed by atoms with Gasteiger partial charge in [0.25, 0.3) is 5.91 Å². The number of hydrogen-bond donors (Lipinski definition) is 1. The summed E-state index contributed by atoms with van der Waals surface area (Å²) in [6, 6.07) is 13.1. The van der Waals surface area contributed by atoms with Crippen molar-refractivity contribution in [3.8, 4) is 5.69 Å². The molecule has 1 N–H and O–H groups in total. The first-order valence-corrected chi connectivity index (χ1v) is 9.34. The van der Waals surface area contributed by atoms with Crippen LogP contribution in [-0.4, -0.2) is 34.8 Å². The molecule has 0 radical (unpaired) electrons. The van der Waals surface area contributed by atoms with Crippen LogP contribution in [0.3, 0.4) is 0 Å². The molecule has 3 rings (SSSR count). The van der Waals surface area contributed by atoms with Crippen LogP contribution in [-0.2, 0) is 11.2 Å². The highest BCUT2D eigenvalue weighted by atomic mass is 19.1. The second-order valence-electron chi connectivity index (χ2n) is 6.46. The Bertz CT molecular complexity index is 995. The molecule has 1 aromatic heterocycles. The molecule has 0 saturated carbocycles. The van der Waals surface area contributed by atoms with Crippen LogP contribution in [0.1, 0.15) is 38.9 Å². The van der Waals surface area contributed by atoms with Gasteiger partial charge in [-0.2, -0.15) is 5.10 Å². The highest BCUT2D eigenvalue weighted by Crippen LogP contribution is 2.16. The van der Waals surface area contributed by atoms with Crippen molar-refractivity contribution in [1.29, 1.82) is 0 Å². The molecule has 29 heavy (non-hydrogen) atoms. The van der Waals surface area contributed by atoms with Crippen LogP contribution in [0.15, 0.2) is 54.7 Å². The Morgan fingerprint density at radius 2 is 1.79 bits per heavy atom. The molecule has 0 fully saturated rings. The number of nitrogens with one attached hydrogen (secondary N) is 1. The quantitative estimate of drug-likeness (QED) is 0.622. The van der Waals surface area contributed by atoms with Crippen LogP contribution in [0.2, 0.25) is 0 Å². The largest absolute Gasteiger partial charge is 0.462 e. The number of nitrogens with zero attached hydrogens (tertiary/aromatic N) is 2. The summed E-state index contributed by atoms with van der Waals surface area (Å²) in [6.07, 6.45) is 2.09. The monoisotopic (exact) mass is 395 g/mol. The van der Waals surface area contributed by atoms with Crippen LogP contribution < -0.4 is 5.32 Å². The Hall–Kier alpha value is -3.48. The van der Waals surface area contributed by atoms with Gasteiger partial charge in [0.2, 0.25) is 0 Å². The maximum Gasteiger partial charge on any atom is 0.341 e. The third-order valence-electron chi connectivity index (χ3n) is 4.49. The lowest BCUT2D eigenvalue weighted by molar-refractivity contribution is 0.0525. The molecule has 7 heteroatoms. The number of hydrogen-bond acceptors (Lipinski definition) is 4. The van der Waals surface area contributed by atoms with Crippen molar-refractivity contribution >= 4 is 11.9 Å². The number of amides is 1. The Kier molecular flexibility index (Phi) is 6.39. The number of esters is 1. The number of halogens is 1. The van der Waals surface area contributed by atoms with Gasteiger partial charge in [0.15, 0.2) is 0 Å². The van der Waals surface area contributed by atoms with Gasteiger partial charge in [0.05, 0.1) is 24.2 Å². The smallest absolute Gasteiger partial charge is 0.341 e. The number of rotatable bonds is 7. The first kappa shape index (κ1) is 20.3. The maximum atomic E-state index is 12.9. The lowest BCUT2D eigenvalue weighted by Gasteiger charge is -2.08. The Morgan fingerprint density at radius 1 is 1.10 bits per heavy atom. The number of ether oxygens (including phenoxy) is 1. The normalized spacial score (nSPS) is 10.6. The fourth-order valence-electron chi connectivity index (χ4n) is 2.91. The van der Waals surface area contributed by atoms with Crippen molar-refractivity contribution in [3.05, 3.63) is 82.9 Å². The van der Waals surface area contributed by atoms with Gasteiger partial charge in [-0.3, -0.25) is 4.79 Å². The molecule has 0 unspecified atom stereocenters. The van der Waals surface area contributed by atoms with Gasteiger partial charge >= 0.3 is 5.97 Å². The minimum atomic E-state index is -0.409. The molecule has 0 atom stereocenters. The summed E-state index contributed by atoms with van der Waals surface area (Å²) < 4.78 is 19.6. The molecular weight excluding hydrogens is 373 g/mol. The number of carbonyl (C=O) groups is 2. The summed E-state index contributed by atoms with van der Waals surface area (Å²) in [5.41, 5.74) is 3.28. The van der Waals surface area contributed by atoms with Gasteiger partial charge in [-0.25, -0.2) is 13.9 Å². The predicted molar refractivity (Wildman–Crippen MR) is 107 cm³/mol. The molecule has 0 aliphatic carbocycles. The summed E-state index contributed by atoms with van der Waals surface area (Å²) in [6.45, 7) is 4.29. The maximum absolute atomic E-state index is 12.9. The van der Waals surface area contributed by atoms with E-state index in [1.165, 1.54) is 18.3 Å². The molecule has 0 bridgehead atoms. The number of carbonyl (C=O) groups excluding carboxylic acids is 2. The van der Waals surface area contributed by atoms with Crippen molar-refractivity contribution in [2.75, 3.05) is 13.2 Å². The summed E-state index contributed by atoms with van der Waals surface area (Å²) in [7, 11) is 0. The van der Waals surface area contributed by atoms with E-state index in [1.54, 1.807) is 54.9 Å². The lowest BCUT2D eigenvalue weighted by atomic mass is 10.1. The molecule has 1 heterocycles. The van der Waals surface area contributed by atoms with Crippen molar-refractivity contribution in [1.82, 2.24) is 15.1 Å². The molecule has 0 aliphatic heterocycles. The molecule has 0 saturated heterocycles. The average Bonchev–Trinajstić information content (AvgIpc) is 3.11. The summed E-state index contributed by atoms with van der Waals surface area (Å²) in [4.78, 5) is 24.2. The zero-order valence-corrected chi connectivity index (χ0v) is 16.3. The molecule has 2 aromatic carbocycles. The van der Waals surface area contributed by atoms with Crippen LogP contribution >= 0.6 is 0 Å². The molecule has 0 aliphatic rings. The fraction of sp³-hybridized carbons (Fsp3) is 0.227. The first-order valence-electron chi connectivity index (χ1n) is 9.34. The van der Waals surface area contributed by atoms with Gasteiger partial charge in [0, 0.05) is 12.1 Å². The zero-order valence-electron chi connectivity index (χ0n) is 16.3.